The van der Waals surface area contributed by atoms with E-state index < -0.39 is 23.5 Å². The first-order chi connectivity index (χ1) is 12.0. The zero-order chi connectivity index (χ0) is 17.7. The number of aliphatic hydroxyl groups is 1. The zero-order valence-electron chi connectivity index (χ0n) is 13.2. The van der Waals surface area contributed by atoms with Gasteiger partial charge in [0.25, 0.3) is 17.4 Å². The van der Waals surface area contributed by atoms with Gasteiger partial charge in [-0.05, 0) is 18.6 Å². The zero-order valence-corrected chi connectivity index (χ0v) is 13.2. The smallest absolute Gasteiger partial charge is 0.262 e. The minimum absolute atomic E-state index is 0.00201. The number of β-amino-alcohol motifs (C(OH)–C–C–N with tert-alkyl or cyclic N) is 1. The van der Waals surface area contributed by atoms with Crippen molar-refractivity contribution in [1.82, 2.24) is 9.88 Å². The number of aliphatic hydroxyl groups excluding tert-OH is 1. The van der Waals surface area contributed by atoms with Gasteiger partial charge in [0, 0.05) is 19.2 Å². The molecular formula is C17H16N4O4. The molecule has 0 saturated carbocycles. The van der Waals surface area contributed by atoms with Crippen LogP contribution in [0.5, 0.6) is 0 Å². The first-order valence-corrected chi connectivity index (χ1v) is 7.91. The molecule has 2 aliphatic rings. The largest absolute Gasteiger partial charge is 0.391 e. The Labute approximate surface area is 142 Å². The van der Waals surface area contributed by atoms with E-state index in [0.29, 0.717) is 25.2 Å². The fourth-order valence-corrected chi connectivity index (χ4v) is 3.41. The van der Waals surface area contributed by atoms with Crippen LogP contribution in [0.3, 0.4) is 0 Å². The van der Waals surface area contributed by atoms with Crippen molar-refractivity contribution in [2.24, 2.45) is 0 Å². The highest BCUT2D eigenvalue weighted by molar-refractivity contribution is 6.23. The lowest BCUT2D eigenvalue weighted by Gasteiger charge is -2.23. The fraction of sp³-hybridized carbons (Fsp3) is 0.235. The summed E-state index contributed by atoms with van der Waals surface area (Å²) in [6, 6.07) is 8.27. The number of aromatic nitrogens is 1. The second-order valence-electron chi connectivity index (χ2n) is 6.15. The first kappa shape index (κ1) is 15.4. The van der Waals surface area contributed by atoms with E-state index in [4.69, 9.17) is 5.73 Å². The van der Waals surface area contributed by atoms with Crippen molar-refractivity contribution in [2.45, 2.75) is 12.5 Å². The second kappa shape index (κ2) is 5.45. The Morgan fingerprint density at radius 2 is 1.84 bits per heavy atom. The lowest BCUT2D eigenvalue weighted by atomic mass is 10.1. The van der Waals surface area contributed by atoms with Crippen molar-refractivity contribution in [3.8, 4) is 5.69 Å². The Balaban J connectivity index is 1.93. The van der Waals surface area contributed by atoms with E-state index in [0.717, 1.165) is 11.8 Å². The van der Waals surface area contributed by atoms with Crippen LogP contribution in [0.1, 0.15) is 27.1 Å². The molecule has 1 aromatic carbocycles. The third kappa shape index (κ3) is 2.30. The molecule has 2 amide bonds. The number of nitrogens with one attached hydrogen (secondary N) is 1. The third-order valence-electron chi connectivity index (χ3n) is 4.58. The molecule has 0 aliphatic carbocycles. The number of amides is 2. The van der Waals surface area contributed by atoms with Gasteiger partial charge in [0.05, 0.1) is 28.6 Å². The van der Waals surface area contributed by atoms with Crippen molar-refractivity contribution in [2.75, 3.05) is 23.7 Å². The van der Waals surface area contributed by atoms with Crippen LogP contribution < -0.4 is 21.5 Å². The standard InChI is InChI=1S/C17H16N4O4/c18-15-14-10(16(24)19-17(14)25)7-13(23)21(15)12-4-2-1-3-11(12)20-6-5-9(22)8-20/h1-4,7,9,22H,5-6,8,18H2,(H,19,24,25). The molecule has 8 heteroatoms. The van der Waals surface area contributed by atoms with E-state index in [1.165, 1.54) is 4.57 Å². The maximum atomic E-state index is 12.6. The SMILES string of the molecule is Nc1c2c(cc(=O)n1-c1ccccc1N1CCC(O)C1)C(=O)NC2=O. The number of fused-ring (bicyclic) bond motifs is 1. The van der Waals surface area contributed by atoms with Gasteiger partial charge >= 0.3 is 0 Å². The van der Waals surface area contributed by atoms with Crippen molar-refractivity contribution in [1.29, 1.82) is 0 Å². The number of carbonyl (C=O) groups excluding carboxylic acids is 2. The van der Waals surface area contributed by atoms with E-state index in [1.54, 1.807) is 12.1 Å². The molecule has 2 aliphatic heterocycles. The maximum absolute atomic E-state index is 12.6. The molecule has 1 saturated heterocycles. The Morgan fingerprint density at radius 1 is 1.12 bits per heavy atom. The molecule has 4 rings (SSSR count). The van der Waals surface area contributed by atoms with Gasteiger partial charge in [-0.2, -0.15) is 0 Å². The lowest BCUT2D eigenvalue weighted by Crippen LogP contribution is -2.28. The summed E-state index contributed by atoms with van der Waals surface area (Å²) < 4.78 is 1.23. The Kier molecular flexibility index (Phi) is 3.36. The van der Waals surface area contributed by atoms with Crippen LogP contribution in [-0.4, -0.2) is 40.7 Å². The van der Waals surface area contributed by atoms with Crippen molar-refractivity contribution in [3.63, 3.8) is 0 Å². The Bertz CT molecular complexity index is 966. The Morgan fingerprint density at radius 3 is 2.52 bits per heavy atom. The average molecular weight is 340 g/mol. The first-order valence-electron chi connectivity index (χ1n) is 7.91. The number of benzene rings is 1. The van der Waals surface area contributed by atoms with Gasteiger partial charge in [0.1, 0.15) is 5.82 Å². The highest BCUT2D eigenvalue weighted by Gasteiger charge is 2.32. The van der Waals surface area contributed by atoms with Crippen molar-refractivity contribution >= 4 is 23.3 Å². The summed E-state index contributed by atoms with van der Waals surface area (Å²) in [7, 11) is 0. The number of nitrogens with two attached hydrogens (primary N) is 1. The second-order valence-corrected chi connectivity index (χ2v) is 6.15. The van der Waals surface area contributed by atoms with E-state index in [-0.39, 0.29) is 16.9 Å². The fourth-order valence-electron chi connectivity index (χ4n) is 3.41. The monoisotopic (exact) mass is 340 g/mol. The molecule has 0 radical (unpaired) electrons. The summed E-state index contributed by atoms with van der Waals surface area (Å²) in [5, 5.41) is 11.9. The Hall–Kier alpha value is -3.13. The molecular weight excluding hydrogens is 324 g/mol. The quantitative estimate of drug-likeness (QED) is 0.656. The summed E-state index contributed by atoms with van der Waals surface area (Å²) in [5.74, 6) is -1.30. The predicted molar refractivity (Wildman–Crippen MR) is 91.1 cm³/mol. The van der Waals surface area contributed by atoms with E-state index in [2.05, 4.69) is 5.32 Å². The lowest BCUT2D eigenvalue weighted by molar-refractivity contribution is 0.0880. The maximum Gasteiger partial charge on any atom is 0.262 e. The molecule has 0 spiro atoms. The van der Waals surface area contributed by atoms with Gasteiger partial charge in [-0.3, -0.25) is 24.3 Å². The van der Waals surface area contributed by atoms with Gasteiger partial charge in [0.15, 0.2) is 0 Å². The summed E-state index contributed by atoms with van der Waals surface area (Å²) >= 11 is 0. The van der Waals surface area contributed by atoms with Crippen LogP contribution in [0.25, 0.3) is 5.69 Å². The van der Waals surface area contributed by atoms with E-state index in [1.807, 2.05) is 17.0 Å². The molecule has 4 N–H and O–H groups in total. The molecule has 1 atom stereocenters. The van der Waals surface area contributed by atoms with Crippen molar-refractivity contribution in [3.05, 3.63) is 51.8 Å². The molecule has 0 bridgehead atoms. The summed E-state index contributed by atoms with van der Waals surface area (Å²) in [5.41, 5.74) is 6.86. The number of rotatable bonds is 2. The summed E-state index contributed by atoms with van der Waals surface area (Å²) in [6.45, 7) is 1.10. The number of nitrogens with zero attached hydrogens (tertiary/aromatic N) is 2. The highest BCUT2D eigenvalue weighted by atomic mass is 16.3. The number of hydrogen-bond acceptors (Lipinski definition) is 6. The van der Waals surface area contributed by atoms with Crippen LogP contribution in [0.4, 0.5) is 11.5 Å². The molecule has 1 unspecified atom stereocenters. The average Bonchev–Trinajstić information content (AvgIpc) is 3.12. The summed E-state index contributed by atoms with van der Waals surface area (Å²) in [6.07, 6.45) is 0.213. The van der Waals surface area contributed by atoms with Gasteiger partial charge < -0.3 is 15.7 Å². The normalized spacial score (nSPS) is 19.2. The minimum Gasteiger partial charge on any atom is -0.391 e. The molecule has 3 heterocycles. The van der Waals surface area contributed by atoms with Crippen LogP contribution in [0.2, 0.25) is 0 Å². The molecule has 1 aromatic heterocycles. The van der Waals surface area contributed by atoms with Gasteiger partial charge in [-0.1, -0.05) is 12.1 Å². The molecule has 1 fully saturated rings. The van der Waals surface area contributed by atoms with Crippen LogP contribution >= 0.6 is 0 Å². The molecule has 2 aromatic rings. The van der Waals surface area contributed by atoms with Gasteiger partial charge in [0.2, 0.25) is 0 Å². The number of anilines is 2. The highest BCUT2D eigenvalue weighted by Crippen LogP contribution is 2.30. The minimum atomic E-state index is -0.619. The number of carbonyl (C=O) groups is 2. The molecule has 25 heavy (non-hydrogen) atoms. The van der Waals surface area contributed by atoms with Crippen LogP contribution in [0, 0.1) is 0 Å². The predicted octanol–water partition coefficient (Wildman–Crippen LogP) is -0.126. The topological polar surface area (TPSA) is 118 Å². The van der Waals surface area contributed by atoms with Gasteiger partial charge in [-0.15, -0.1) is 0 Å². The van der Waals surface area contributed by atoms with E-state index >= 15 is 0 Å². The van der Waals surface area contributed by atoms with Crippen LogP contribution in [-0.2, 0) is 0 Å². The number of imide groups is 1. The number of hydrogen-bond donors (Lipinski definition) is 3. The summed E-state index contributed by atoms with van der Waals surface area (Å²) in [4.78, 5) is 38.3. The van der Waals surface area contributed by atoms with Crippen LogP contribution in [0.15, 0.2) is 35.1 Å². The molecule has 128 valence electrons. The third-order valence-corrected chi connectivity index (χ3v) is 4.58. The number of para-hydroxylation sites is 2. The van der Waals surface area contributed by atoms with E-state index in [9.17, 15) is 19.5 Å². The van der Waals surface area contributed by atoms with Crippen molar-refractivity contribution < 1.29 is 14.7 Å². The van der Waals surface area contributed by atoms with Gasteiger partial charge in [-0.25, -0.2) is 0 Å². The number of pyridine rings is 1. The molecule has 8 nitrogen and oxygen atoms in total. The number of nitrogen functional groups attached to an aromatic ring is 1.